The van der Waals surface area contributed by atoms with E-state index in [9.17, 15) is 23.7 Å². The van der Waals surface area contributed by atoms with E-state index in [0.29, 0.717) is 0 Å². The van der Waals surface area contributed by atoms with Crippen LogP contribution in [0.2, 0.25) is 0 Å². The van der Waals surface area contributed by atoms with Crippen LogP contribution in [0.5, 0.6) is 0 Å². The van der Waals surface area contributed by atoms with Gasteiger partial charge in [0.15, 0.2) is 0 Å². The molecule has 0 amide bonds. The zero-order valence-electron chi connectivity index (χ0n) is 17.5. The summed E-state index contributed by atoms with van der Waals surface area (Å²) in [7, 11) is -4.03. The highest BCUT2D eigenvalue weighted by molar-refractivity contribution is 7.53. The second-order valence-electron chi connectivity index (χ2n) is 6.47. The standard InChI is InChI=1S/C17H27O12P/c1-10-15(28-13(4)20)6-16(29-14(5)21)17(27-10)7-30(22,25-8-23-11(2)18)26-9-24-12(3)19/h10,15-17H,6-9H2,1-5H3/t10-,15-,16-,17+/m0/s1. The summed E-state index contributed by atoms with van der Waals surface area (Å²) in [6, 6.07) is 0. The van der Waals surface area contributed by atoms with Gasteiger partial charge in [-0.15, -0.1) is 0 Å². The topological polar surface area (TPSA) is 150 Å². The Hall–Kier alpha value is -2.01. The molecule has 0 spiro atoms. The van der Waals surface area contributed by atoms with Crippen LogP contribution in [0.1, 0.15) is 41.0 Å². The number of hydrogen-bond donors (Lipinski definition) is 0. The van der Waals surface area contributed by atoms with Gasteiger partial charge in [0.2, 0.25) is 13.6 Å². The van der Waals surface area contributed by atoms with Gasteiger partial charge in [0.05, 0.1) is 12.3 Å². The number of hydrogen-bond acceptors (Lipinski definition) is 12. The SMILES string of the molecule is CC(=O)OCOP(=O)(C[C@H]1O[C@@H](C)[C@@H](OC(C)=O)C[C@@H]1OC(C)=O)OCOC(C)=O. The molecule has 30 heavy (non-hydrogen) atoms. The Morgan fingerprint density at radius 2 is 1.30 bits per heavy atom. The lowest BCUT2D eigenvalue weighted by Crippen LogP contribution is -2.50. The summed E-state index contributed by atoms with van der Waals surface area (Å²) < 4.78 is 48.7. The first-order chi connectivity index (χ1) is 13.9. The van der Waals surface area contributed by atoms with Crippen molar-refractivity contribution in [3.63, 3.8) is 0 Å². The molecule has 1 saturated heterocycles. The highest BCUT2D eigenvalue weighted by atomic mass is 31.2. The van der Waals surface area contributed by atoms with Gasteiger partial charge in [-0.3, -0.25) is 32.8 Å². The second-order valence-corrected chi connectivity index (χ2v) is 8.57. The number of carbonyl (C=O) groups excluding carboxylic acids is 4. The van der Waals surface area contributed by atoms with Crippen LogP contribution in [-0.4, -0.2) is 68.0 Å². The van der Waals surface area contributed by atoms with Gasteiger partial charge in [0.1, 0.15) is 18.3 Å². The van der Waals surface area contributed by atoms with Crippen LogP contribution >= 0.6 is 7.60 Å². The first-order valence-electron chi connectivity index (χ1n) is 9.06. The molecule has 0 unspecified atom stereocenters. The summed E-state index contributed by atoms with van der Waals surface area (Å²) in [6.45, 7) is 4.96. The normalized spacial score (nSPS) is 23.9. The lowest BCUT2D eigenvalue weighted by atomic mass is 9.99. The van der Waals surface area contributed by atoms with Crippen LogP contribution in [0.3, 0.4) is 0 Å². The molecule has 1 aliphatic heterocycles. The van der Waals surface area contributed by atoms with Crippen LogP contribution in [-0.2, 0) is 56.5 Å². The van der Waals surface area contributed by atoms with E-state index in [1.807, 2.05) is 0 Å². The highest BCUT2D eigenvalue weighted by Crippen LogP contribution is 2.50. The van der Waals surface area contributed by atoms with Crippen LogP contribution < -0.4 is 0 Å². The number of rotatable bonds is 10. The van der Waals surface area contributed by atoms with E-state index >= 15 is 0 Å². The molecule has 13 heteroatoms. The Labute approximate surface area is 173 Å². The maximum atomic E-state index is 13.1. The maximum Gasteiger partial charge on any atom is 0.339 e. The molecule has 1 aliphatic rings. The summed E-state index contributed by atoms with van der Waals surface area (Å²) in [5, 5.41) is 0. The third kappa shape index (κ3) is 9.66. The van der Waals surface area contributed by atoms with E-state index in [2.05, 4.69) is 9.47 Å². The summed E-state index contributed by atoms with van der Waals surface area (Å²) in [6.07, 6.45) is -3.50. The van der Waals surface area contributed by atoms with Crippen molar-refractivity contribution in [2.75, 3.05) is 19.7 Å². The Balaban J connectivity index is 2.95. The average Bonchev–Trinajstić information content (AvgIpc) is 2.57. The van der Waals surface area contributed by atoms with Gasteiger partial charge in [0, 0.05) is 34.1 Å². The molecule has 4 atom stereocenters. The number of esters is 4. The minimum absolute atomic E-state index is 0.0961. The average molecular weight is 454 g/mol. The molecular weight excluding hydrogens is 427 g/mol. The zero-order valence-corrected chi connectivity index (χ0v) is 18.4. The van der Waals surface area contributed by atoms with Gasteiger partial charge in [0.25, 0.3) is 0 Å². The van der Waals surface area contributed by atoms with E-state index in [1.54, 1.807) is 6.92 Å². The van der Waals surface area contributed by atoms with Crippen LogP contribution in [0, 0.1) is 0 Å². The molecule has 0 aliphatic carbocycles. The van der Waals surface area contributed by atoms with E-state index in [-0.39, 0.29) is 6.42 Å². The first-order valence-corrected chi connectivity index (χ1v) is 10.8. The molecule has 12 nitrogen and oxygen atoms in total. The minimum atomic E-state index is -4.03. The molecular formula is C17H27O12P. The Morgan fingerprint density at radius 1 is 0.833 bits per heavy atom. The lowest BCUT2D eigenvalue weighted by Gasteiger charge is -2.39. The van der Waals surface area contributed by atoms with Crippen LogP contribution in [0.4, 0.5) is 0 Å². The Morgan fingerprint density at radius 3 is 1.73 bits per heavy atom. The molecule has 0 bridgehead atoms. The molecule has 0 aromatic rings. The van der Waals surface area contributed by atoms with Gasteiger partial charge in [-0.25, -0.2) is 0 Å². The van der Waals surface area contributed by atoms with Crippen molar-refractivity contribution in [1.29, 1.82) is 0 Å². The van der Waals surface area contributed by atoms with Crippen molar-refractivity contribution in [2.45, 2.75) is 65.5 Å². The smallest absolute Gasteiger partial charge is 0.339 e. The molecule has 0 radical (unpaired) electrons. The van der Waals surface area contributed by atoms with Crippen LogP contribution in [0.25, 0.3) is 0 Å². The first kappa shape index (κ1) is 26.0. The molecule has 0 N–H and O–H groups in total. The quantitative estimate of drug-likeness (QED) is 0.202. The van der Waals surface area contributed by atoms with Crippen molar-refractivity contribution < 1.29 is 56.5 Å². The molecule has 1 rings (SSSR count). The van der Waals surface area contributed by atoms with Crippen molar-refractivity contribution in [1.82, 2.24) is 0 Å². The summed E-state index contributed by atoms with van der Waals surface area (Å²) >= 11 is 0. The fourth-order valence-electron chi connectivity index (χ4n) is 2.62. The molecule has 0 aromatic heterocycles. The molecule has 172 valence electrons. The van der Waals surface area contributed by atoms with Crippen molar-refractivity contribution in [3.8, 4) is 0 Å². The fourth-order valence-corrected chi connectivity index (χ4v) is 4.09. The number of ether oxygens (including phenoxy) is 5. The van der Waals surface area contributed by atoms with E-state index < -0.39 is 75.6 Å². The van der Waals surface area contributed by atoms with Gasteiger partial charge >= 0.3 is 31.5 Å². The molecule has 0 saturated carbocycles. The predicted molar refractivity (Wildman–Crippen MR) is 98.0 cm³/mol. The van der Waals surface area contributed by atoms with Gasteiger partial charge in [-0.05, 0) is 6.92 Å². The second kappa shape index (κ2) is 12.0. The third-order valence-corrected chi connectivity index (χ3v) is 5.66. The molecule has 1 heterocycles. The van der Waals surface area contributed by atoms with Crippen molar-refractivity contribution in [2.24, 2.45) is 0 Å². The Bertz CT molecular complexity index is 654. The zero-order chi connectivity index (χ0) is 22.9. The predicted octanol–water partition coefficient (Wildman–Crippen LogP) is 1.29. The van der Waals surface area contributed by atoms with E-state index in [4.69, 9.17) is 23.3 Å². The maximum absolute atomic E-state index is 13.1. The Kier molecular flexibility index (Phi) is 10.4. The minimum Gasteiger partial charge on any atom is -0.460 e. The molecule has 0 aromatic carbocycles. The van der Waals surface area contributed by atoms with Gasteiger partial charge in [-0.2, -0.15) is 0 Å². The summed E-state index contributed by atoms with van der Waals surface area (Å²) in [5.74, 6) is -2.51. The highest BCUT2D eigenvalue weighted by Gasteiger charge is 2.44. The summed E-state index contributed by atoms with van der Waals surface area (Å²) in [4.78, 5) is 44.7. The third-order valence-electron chi connectivity index (χ3n) is 3.85. The van der Waals surface area contributed by atoms with Gasteiger partial charge in [-0.1, -0.05) is 0 Å². The fraction of sp³-hybridized carbons (Fsp3) is 0.765. The van der Waals surface area contributed by atoms with E-state index in [0.717, 1.165) is 13.8 Å². The summed E-state index contributed by atoms with van der Waals surface area (Å²) in [5.41, 5.74) is 0. The van der Waals surface area contributed by atoms with Crippen LogP contribution in [0.15, 0.2) is 0 Å². The van der Waals surface area contributed by atoms with E-state index in [1.165, 1.54) is 13.8 Å². The lowest BCUT2D eigenvalue weighted by molar-refractivity contribution is -0.196. The van der Waals surface area contributed by atoms with Crippen molar-refractivity contribution >= 4 is 31.5 Å². The van der Waals surface area contributed by atoms with Crippen molar-refractivity contribution in [3.05, 3.63) is 0 Å². The monoisotopic (exact) mass is 454 g/mol. The number of carbonyl (C=O) groups is 4. The largest absolute Gasteiger partial charge is 0.460 e. The molecule has 1 fully saturated rings. The van der Waals surface area contributed by atoms with Gasteiger partial charge < -0.3 is 23.7 Å².